The summed E-state index contributed by atoms with van der Waals surface area (Å²) in [5.74, 6) is -0.432. The van der Waals surface area contributed by atoms with Gasteiger partial charge in [-0.15, -0.1) is 0 Å². The summed E-state index contributed by atoms with van der Waals surface area (Å²) in [6, 6.07) is 0. The van der Waals surface area contributed by atoms with Crippen LogP contribution in [0.4, 0.5) is 0 Å². The number of piperidine rings is 1. The van der Waals surface area contributed by atoms with E-state index in [-0.39, 0.29) is 16.8 Å². The van der Waals surface area contributed by atoms with Gasteiger partial charge in [-0.3, -0.25) is 4.79 Å². The standard InChI is InChI=1S/C11H20N2O2S/c1-3-8(9(12)16)10(14)13-6-4-5-11(2,15)7-13/h8,15H,3-7H2,1-2H3,(H2,12,16). The van der Waals surface area contributed by atoms with E-state index >= 15 is 0 Å². The minimum absolute atomic E-state index is 0.0463. The molecular weight excluding hydrogens is 224 g/mol. The first-order chi connectivity index (χ1) is 7.37. The number of carbonyl (C=O) groups is 1. The molecule has 4 nitrogen and oxygen atoms in total. The zero-order chi connectivity index (χ0) is 12.3. The summed E-state index contributed by atoms with van der Waals surface area (Å²) in [5.41, 5.74) is 4.77. The molecule has 0 aromatic rings. The third-order valence-corrected chi connectivity index (χ3v) is 3.32. The number of aliphatic hydroxyl groups is 1. The van der Waals surface area contributed by atoms with Crippen LogP contribution in [0.15, 0.2) is 0 Å². The highest BCUT2D eigenvalue weighted by atomic mass is 32.1. The van der Waals surface area contributed by atoms with E-state index in [4.69, 9.17) is 18.0 Å². The smallest absolute Gasteiger partial charge is 0.232 e. The van der Waals surface area contributed by atoms with Gasteiger partial charge in [0.1, 0.15) is 0 Å². The zero-order valence-electron chi connectivity index (χ0n) is 9.90. The molecule has 0 bridgehead atoms. The Labute approximate surface area is 102 Å². The SMILES string of the molecule is CCC(C(=O)N1CCCC(C)(O)C1)C(N)=S. The van der Waals surface area contributed by atoms with Gasteiger partial charge in [-0.25, -0.2) is 0 Å². The molecule has 5 heteroatoms. The van der Waals surface area contributed by atoms with E-state index in [9.17, 15) is 9.90 Å². The van der Waals surface area contributed by atoms with Crippen LogP contribution in [0.5, 0.6) is 0 Å². The van der Waals surface area contributed by atoms with Gasteiger partial charge in [0.2, 0.25) is 5.91 Å². The maximum Gasteiger partial charge on any atom is 0.232 e. The molecule has 1 aliphatic rings. The minimum Gasteiger partial charge on any atom is -0.393 e. The van der Waals surface area contributed by atoms with E-state index in [0.717, 1.165) is 12.8 Å². The molecule has 2 atom stereocenters. The van der Waals surface area contributed by atoms with Crippen molar-refractivity contribution in [2.75, 3.05) is 13.1 Å². The highest BCUT2D eigenvalue weighted by molar-refractivity contribution is 7.80. The van der Waals surface area contributed by atoms with Gasteiger partial charge in [-0.1, -0.05) is 19.1 Å². The third kappa shape index (κ3) is 3.15. The van der Waals surface area contributed by atoms with Crippen molar-refractivity contribution in [3.8, 4) is 0 Å². The van der Waals surface area contributed by atoms with Crippen LogP contribution >= 0.6 is 12.2 Å². The van der Waals surface area contributed by atoms with Crippen molar-refractivity contribution in [3.05, 3.63) is 0 Å². The van der Waals surface area contributed by atoms with Crippen molar-refractivity contribution in [2.45, 2.75) is 38.7 Å². The number of hydrogen-bond acceptors (Lipinski definition) is 3. The van der Waals surface area contributed by atoms with Crippen LogP contribution < -0.4 is 5.73 Å². The average Bonchev–Trinajstić information content (AvgIpc) is 2.16. The first-order valence-electron chi connectivity index (χ1n) is 5.68. The van der Waals surface area contributed by atoms with Gasteiger partial charge in [0, 0.05) is 13.1 Å². The quantitative estimate of drug-likeness (QED) is 0.716. The number of hydrogen-bond donors (Lipinski definition) is 2. The first-order valence-corrected chi connectivity index (χ1v) is 6.08. The molecule has 16 heavy (non-hydrogen) atoms. The molecule has 0 spiro atoms. The van der Waals surface area contributed by atoms with E-state index in [1.165, 1.54) is 0 Å². The van der Waals surface area contributed by atoms with Gasteiger partial charge in [-0.2, -0.15) is 0 Å². The minimum atomic E-state index is -0.775. The molecule has 0 aliphatic carbocycles. The van der Waals surface area contributed by atoms with Crippen molar-refractivity contribution in [1.82, 2.24) is 4.90 Å². The lowest BCUT2D eigenvalue weighted by atomic mass is 9.93. The number of nitrogens with zero attached hydrogens (tertiary/aromatic N) is 1. The Balaban J connectivity index is 2.69. The summed E-state index contributed by atoms with van der Waals surface area (Å²) < 4.78 is 0. The van der Waals surface area contributed by atoms with Gasteiger partial charge < -0.3 is 15.7 Å². The van der Waals surface area contributed by atoms with Crippen LogP contribution in [0.1, 0.15) is 33.1 Å². The summed E-state index contributed by atoms with van der Waals surface area (Å²) in [5, 5.41) is 9.93. The van der Waals surface area contributed by atoms with E-state index in [2.05, 4.69) is 0 Å². The predicted molar refractivity (Wildman–Crippen MR) is 67.0 cm³/mol. The van der Waals surface area contributed by atoms with Crippen molar-refractivity contribution in [2.24, 2.45) is 11.7 Å². The summed E-state index contributed by atoms with van der Waals surface area (Å²) >= 11 is 4.89. The Bertz CT molecular complexity index is 292. The zero-order valence-corrected chi connectivity index (χ0v) is 10.7. The Kier molecular flexibility index (Phi) is 4.27. The molecule has 1 saturated heterocycles. The van der Waals surface area contributed by atoms with E-state index < -0.39 is 5.60 Å². The maximum absolute atomic E-state index is 12.1. The van der Waals surface area contributed by atoms with Crippen molar-refractivity contribution < 1.29 is 9.90 Å². The molecule has 1 amide bonds. The molecule has 0 aromatic heterocycles. The molecule has 92 valence electrons. The topological polar surface area (TPSA) is 66.6 Å². The summed E-state index contributed by atoms with van der Waals surface area (Å²) in [7, 11) is 0. The Morgan fingerprint density at radius 3 is 2.75 bits per heavy atom. The molecule has 1 fully saturated rings. The molecule has 1 aliphatic heterocycles. The number of thiocarbonyl (C=S) groups is 1. The van der Waals surface area contributed by atoms with Crippen molar-refractivity contribution in [3.63, 3.8) is 0 Å². The maximum atomic E-state index is 12.1. The lowest BCUT2D eigenvalue weighted by molar-refractivity contribution is -0.139. The van der Waals surface area contributed by atoms with E-state index in [1.54, 1.807) is 11.8 Å². The van der Waals surface area contributed by atoms with Crippen molar-refractivity contribution in [1.29, 1.82) is 0 Å². The highest BCUT2D eigenvalue weighted by Gasteiger charge is 2.34. The highest BCUT2D eigenvalue weighted by Crippen LogP contribution is 2.22. The molecule has 0 radical (unpaired) electrons. The first kappa shape index (κ1) is 13.4. The Morgan fingerprint density at radius 2 is 2.31 bits per heavy atom. The van der Waals surface area contributed by atoms with Crippen LogP contribution in [-0.2, 0) is 4.79 Å². The van der Waals surface area contributed by atoms with Crippen LogP contribution in [-0.4, -0.2) is 39.6 Å². The third-order valence-electron chi connectivity index (χ3n) is 3.04. The second kappa shape index (κ2) is 5.10. The fourth-order valence-electron chi connectivity index (χ4n) is 2.13. The molecule has 3 N–H and O–H groups in total. The number of rotatable bonds is 3. The van der Waals surface area contributed by atoms with Gasteiger partial charge >= 0.3 is 0 Å². The van der Waals surface area contributed by atoms with Gasteiger partial charge in [0.25, 0.3) is 0 Å². The van der Waals surface area contributed by atoms with Crippen LogP contribution in [0, 0.1) is 5.92 Å². The average molecular weight is 244 g/mol. The van der Waals surface area contributed by atoms with Crippen LogP contribution in [0.25, 0.3) is 0 Å². The van der Waals surface area contributed by atoms with Gasteiger partial charge in [0.05, 0.1) is 16.5 Å². The molecule has 1 rings (SSSR count). The fraction of sp³-hybridized carbons (Fsp3) is 0.818. The second-order valence-corrected chi connectivity index (χ2v) is 5.19. The molecule has 2 unspecified atom stereocenters. The van der Waals surface area contributed by atoms with E-state index in [0.29, 0.717) is 19.5 Å². The van der Waals surface area contributed by atoms with E-state index in [1.807, 2.05) is 6.92 Å². The number of carbonyl (C=O) groups excluding carboxylic acids is 1. The monoisotopic (exact) mass is 244 g/mol. The van der Waals surface area contributed by atoms with Gasteiger partial charge in [0.15, 0.2) is 0 Å². The number of amides is 1. The molecule has 0 saturated carbocycles. The number of β-amino-alcohol motifs (C(OH)–C–C–N with tert-alkyl or cyclic N) is 1. The molecule has 0 aromatic carbocycles. The summed E-state index contributed by atoms with van der Waals surface area (Å²) in [6.45, 7) is 4.72. The molecular formula is C11H20N2O2S. The van der Waals surface area contributed by atoms with Gasteiger partial charge in [-0.05, 0) is 26.2 Å². The van der Waals surface area contributed by atoms with Crippen molar-refractivity contribution >= 4 is 23.1 Å². The second-order valence-electron chi connectivity index (χ2n) is 4.72. The Hall–Kier alpha value is -0.680. The van der Waals surface area contributed by atoms with Crippen LogP contribution in [0.2, 0.25) is 0 Å². The lowest BCUT2D eigenvalue weighted by Crippen LogP contribution is -2.51. The molecule has 1 heterocycles. The number of likely N-dealkylation sites (tertiary alicyclic amines) is 1. The fourth-order valence-corrected chi connectivity index (χ4v) is 2.39. The summed E-state index contributed by atoms with van der Waals surface area (Å²) in [4.78, 5) is 14.0. The van der Waals surface area contributed by atoms with Crippen LogP contribution in [0.3, 0.4) is 0 Å². The Morgan fingerprint density at radius 1 is 1.69 bits per heavy atom. The largest absolute Gasteiger partial charge is 0.393 e. The lowest BCUT2D eigenvalue weighted by Gasteiger charge is -2.38. The summed E-state index contributed by atoms with van der Waals surface area (Å²) in [6.07, 6.45) is 2.18. The number of nitrogens with two attached hydrogens (primary N) is 1. The predicted octanol–water partition coefficient (Wildman–Crippen LogP) is 0.672. The normalized spacial score (nSPS) is 27.6.